The highest BCUT2D eigenvalue weighted by molar-refractivity contribution is 5.92. The highest BCUT2D eigenvalue weighted by Gasteiger charge is 2.25. The topological polar surface area (TPSA) is 88.1 Å². The van der Waals surface area contributed by atoms with Crippen molar-refractivity contribution in [1.29, 1.82) is 0 Å². The predicted octanol–water partition coefficient (Wildman–Crippen LogP) is 4.57. The molecule has 0 aliphatic rings. The molecule has 0 aliphatic heterocycles. The van der Waals surface area contributed by atoms with E-state index in [1.54, 1.807) is 48.5 Å². The summed E-state index contributed by atoms with van der Waals surface area (Å²) < 4.78 is 20.2. The number of carbonyl (C=O) groups is 3. The summed E-state index contributed by atoms with van der Waals surface area (Å²) in [6.07, 6.45) is -0.254. The van der Waals surface area contributed by atoms with E-state index in [2.05, 4.69) is 13.2 Å². The van der Waals surface area contributed by atoms with Crippen LogP contribution in [-0.4, -0.2) is 32.3 Å². The van der Waals surface area contributed by atoms with Gasteiger partial charge in [0.25, 0.3) is 0 Å². The maximum absolute atomic E-state index is 12.5. The average Bonchev–Trinajstić information content (AvgIpc) is 2.79. The molecule has 0 radical (unpaired) electrons. The monoisotopic (exact) mass is 410 g/mol. The average molecular weight is 410 g/mol. The Hall–Kier alpha value is -3.87. The van der Waals surface area contributed by atoms with E-state index in [0.717, 1.165) is 0 Å². The molecular weight excluding hydrogens is 388 g/mol. The van der Waals surface area contributed by atoms with Gasteiger partial charge in [-0.25, -0.2) is 14.4 Å². The Morgan fingerprint density at radius 1 is 0.733 bits per heavy atom. The molecule has 2 atom stereocenters. The third-order valence-corrected chi connectivity index (χ3v) is 4.22. The summed E-state index contributed by atoms with van der Waals surface area (Å²) in [4.78, 5) is 36.4. The zero-order valence-electron chi connectivity index (χ0n) is 16.7. The van der Waals surface area contributed by atoms with Gasteiger partial charge in [-0.3, -0.25) is 0 Å². The molecule has 0 amide bonds. The van der Waals surface area contributed by atoms with Crippen LogP contribution in [0.1, 0.15) is 44.1 Å². The van der Waals surface area contributed by atoms with Crippen LogP contribution in [0.25, 0.3) is 0 Å². The van der Waals surface area contributed by atoms with Crippen LogP contribution in [-0.2, 0) is 18.9 Å². The van der Waals surface area contributed by atoms with E-state index in [9.17, 15) is 14.4 Å². The van der Waals surface area contributed by atoms with Gasteiger partial charge in [0.1, 0.15) is 12.2 Å². The van der Waals surface area contributed by atoms with Crippen LogP contribution in [0, 0.1) is 0 Å². The molecule has 0 aliphatic carbocycles. The van der Waals surface area contributed by atoms with E-state index in [4.69, 9.17) is 18.9 Å². The Morgan fingerprint density at radius 3 is 1.43 bits per heavy atom. The molecular formula is C23H22O7. The molecule has 0 bridgehead atoms. The lowest BCUT2D eigenvalue weighted by atomic mass is 10.0. The zero-order valence-corrected chi connectivity index (χ0v) is 16.7. The van der Waals surface area contributed by atoms with Crippen LogP contribution in [0.2, 0.25) is 0 Å². The summed E-state index contributed by atoms with van der Waals surface area (Å²) in [5.74, 6) is -1.16. The number of benzene rings is 2. The quantitative estimate of drug-likeness (QED) is 0.358. The molecule has 7 heteroatoms. The van der Waals surface area contributed by atoms with Crippen molar-refractivity contribution in [2.45, 2.75) is 12.2 Å². The predicted molar refractivity (Wildman–Crippen MR) is 109 cm³/mol. The van der Waals surface area contributed by atoms with Gasteiger partial charge in [-0.1, -0.05) is 49.6 Å². The summed E-state index contributed by atoms with van der Waals surface area (Å²) in [5, 5.41) is 0. The molecule has 2 unspecified atom stereocenters. The fourth-order valence-corrected chi connectivity index (χ4v) is 2.79. The normalized spacial score (nSPS) is 12.1. The zero-order chi connectivity index (χ0) is 22.1. The van der Waals surface area contributed by atoms with E-state index in [0.29, 0.717) is 11.1 Å². The highest BCUT2D eigenvalue weighted by atomic mass is 16.7. The third-order valence-electron chi connectivity index (χ3n) is 4.22. The number of hydrogen-bond acceptors (Lipinski definition) is 7. The largest absolute Gasteiger partial charge is 0.510 e. The maximum Gasteiger partial charge on any atom is 0.510 e. The second kappa shape index (κ2) is 10.6. The summed E-state index contributed by atoms with van der Waals surface area (Å²) in [7, 11) is 2.51. The van der Waals surface area contributed by atoms with Gasteiger partial charge in [-0.05, 0) is 24.3 Å². The van der Waals surface area contributed by atoms with E-state index in [1.807, 2.05) is 0 Å². The van der Waals surface area contributed by atoms with Crippen molar-refractivity contribution in [2.75, 3.05) is 14.2 Å². The third kappa shape index (κ3) is 5.14. The number of ether oxygens (including phenoxy) is 4. The minimum atomic E-state index is -1.04. The maximum atomic E-state index is 12.5. The van der Waals surface area contributed by atoms with Crippen molar-refractivity contribution < 1.29 is 33.3 Å². The van der Waals surface area contributed by atoms with Gasteiger partial charge in [0.05, 0.1) is 25.3 Å². The standard InChI is InChI=1S/C23H22O7/c1-5-19(15-11-7-9-13-17(15)21(24)27-3)29-23(26)30-20(6-2)16-12-8-10-14-18(16)22(25)28-4/h5-14,19-20H,1-2H2,3-4H3. The SMILES string of the molecule is C=CC(OC(=O)OC(C=C)c1ccccc1C(=O)OC)c1ccccc1C(=O)OC. The van der Waals surface area contributed by atoms with Gasteiger partial charge in [-0.2, -0.15) is 0 Å². The van der Waals surface area contributed by atoms with Crippen molar-refractivity contribution in [2.24, 2.45) is 0 Å². The van der Waals surface area contributed by atoms with Gasteiger partial charge in [0.15, 0.2) is 0 Å². The van der Waals surface area contributed by atoms with Gasteiger partial charge in [0.2, 0.25) is 0 Å². The minimum Gasteiger partial charge on any atom is -0.465 e. The minimum absolute atomic E-state index is 0.231. The number of methoxy groups -OCH3 is 2. The number of esters is 2. The van der Waals surface area contributed by atoms with Gasteiger partial charge in [-0.15, -0.1) is 0 Å². The molecule has 0 saturated carbocycles. The molecule has 2 aromatic carbocycles. The lowest BCUT2D eigenvalue weighted by Gasteiger charge is -2.20. The lowest BCUT2D eigenvalue weighted by molar-refractivity contribution is 0.0191. The molecule has 0 aromatic heterocycles. The first-order valence-corrected chi connectivity index (χ1v) is 8.93. The second-order valence-electron chi connectivity index (χ2n) is 5.96. The van der Waals surface area contributed by atoms with Crippen molar-refractivity contribution in [1.82, 2.24) is 0 Å². The van der Waals surface area contributed by atoms with Crippen LogP contribution in [0.15, 0.2) is 73.8 Å². The van der Waals surface area contributed by atoms with Crippen LogP contribution in [0.3, 0.4) is 0 Å². The number of hydrogen-bond donors (Lipinski definition) is 0. The van der Waals surface area contributed by atoms with E-state index in [-0.39, 0.29) is 11.1 Å². The molecule has 0 heterocycles. The van der Waals surface area contributed by atoms with Crippen molar-refractivity contribution in [3.63, 3.8) is 0 Å². The van der Waals surface area contributed by atoms with E-state index >= 15 is 0 Å². The van der Waals surface area contributed by atoms with Crippen molar-refractivity contribution in [3.8, 4) is 0 Å². The van der Waals surface area contributed by atoms with Crippen LogP contribution >= 0.6 is 0 Å². The number of carbonyl (C=O) groups excluding carboxylic acids is 3. The smallest absolute Gasteiger partial charge is 0.465 e. The first-order chi connectivity index (χ1) is 14.5. The van der Waals surface area contributed by atoms with Crippen LogP contribution < -0.4 is 0 Å². The molecule has 2 rings (SSSR count). The number of rotatable bonds is 8. The molecule has 0 N–H and O–H groups in total. The Labute approximate surface area is 174 Å². The van der Waals surface area contributed by atoms with Crippen molar-refractivity contribution >= 4 is 18.1 Å². The molecule has 2 aromatic rings. The molecule has 7 nitrogen and oxygen atoms in total. The fourth-order valence-electron chi connectivity index (χ4n) is 2.79. The van der Waals surface area contributed by atoms with Gasteiger partial charge in [0, 0.05) is 11.1 Å². The summed E-state index contributed by atoms with van der Waals surface area (Å²) in [6, 6.07) is 13.0. The lowest BCUT2D eigenvalue weighted by Crippen LogP contribution is -2.18. The van der Waals surface area contributed by atoms with Gasteiger partial charge >= 0.3 is 18.1 Å². The summed E-state index contributed by atoms with van der Waals surface area (Å²) >= 11 is 0. The molecule has 0 saturated heterocycles. The summed E-state index contributed by atoms with van der Waals surface area (Å²) in [6.45, 7) is 7.31. The summed E-state index contributed by atoms with van der Waals surface area (Å²) in [5.41, 5.74) is 1.24. The molecule has 30 heavy (non-hydrogen) atoms. The van der Waals surface area contributed by atoms with Crippen LogP contribution in [0.4, 0.5) is 4.79 Å². The first-order valence-electron chi connectivity index (χ1n) is 8.93. The second-order valence-corrected chi connectivity index (χ2v) is 5.96. The first kappa shape index (κ1) is 22.4. The fraction of sp³-hybridized carbons (Fsp3) is 0.174. The van der Waals surface area contributed by atoms with Crippen LogP contribution in [0.5, 0.6) is 0 Å². The Bertz CT molecular complexity index is 873. The van der Waals surface area contributed by atoms with Gasteiger partial charge < -0.3 is 18.9 Å². The van der Waals surface area contributed by atoms with Crippen molar-refractivity contribution in [3.05, 3.63) is 96.1 Å². The van der Waals surface area contributed by atoms with E-state index < -0.39 is 30.3 Å². The Morgan fingerprint density at radius 2 is 1.10 bits per heavy atom. The van der Waals surface area contributed by atoms with E-state index in [1.165, 1.54) is 26.4 Å². The molecule has 0 fully saturated rings. The molecule has 0 spiro atoms. The molecule has 156 valence electrons. The Kier molecular flexibility index (Phi) is 7.93. The highest BCUT2D eigenvalue weighted by Crippen LogP contribution is 2.27. The Balaban J connectivity index is 2.24.